The third-order valence-corrected chi connectivity index (χ3v) is 3.10. The third kappa shape index (κ3) is 2.34. The topological polar surface area (TPSA) is 96.0 Å². The van der Waals surface area contributed by atoms with Crippen LogP contribution in [0.1, 0.15) is 0 Å². The summed E-state index contributed by atoms with van der Waals surface area (Å²) in [5.74, 6) is -4.27. The van der Waals surface area contributed by atoms with E-state index in [1.807, 2.05) is 0 Å². The Labute approximate surface area is 107 Å². The van der Waals surface area contributed by atoms with E-state index in [1.54, 1.807) is 0 Å². The molecule has 2 heterocycles. The molecule has 0 bridgehead atoms. The first-order valence-corrected chi connectivity index (χ1v) is 5.63. The Morgan fingerprint density at radius 3 is 2.84 bits per heavy atom. The molecule has 3 atom stereocenters. The minimum atomic E-state index is -3.56. The van der Waals surface area contributed by atoms with Gasteiger partial charge < -0.3 is 25.6 Å². The molecule has 4 N–H and O–H groups in total. The number of hydrogen-bond donors (Lipinski definition) is 3. The monoisotopic (exact) mass is 276 g/mol. The molecule has 1 unspecified atom stereocenters. The fourth-order valence-corrected chi connectivity index (χ4v) is 2.06. The third-order valence-electron chi connectivity index (χ3n) is 3.10. The van der Waals surface area contributed by atoms with Gasteiger partial charge in [-0.25, -0.2) is 0 Å². The van der Waals surface area contributed by atoms with Crippen molar-refractivity contribution in [2.45, 2.75) is 24.4 Å². The van der Waals surface area contributed by atoms with E-state index in [-0.39, 0.29) is 12.1 Å². The lowest BCUT2D eigenvalue weighted by Crippen LogP contribution is -2.48. The fourth-order valence-electron chi connectivity index (χ4n) is 2.06. The molecular weight excluding hydrogens is 262 g/mol. The largest absolute Gasteiger partial charge is 0.394 e. The predicted molar refractivity (Wildman–Crippen MR) is 59.8 cm³/mol. The van der Waals surface area contributed by atoms with Crippen LogP contribution in [0.2, 0.25) is 0 Å². The molecule has 1 fully saturated rings. The smallest absolute Gasteiger partial charge is 0.319 e. The normalized spacial score (nSPS) is 33.4. The summed E-state index contributed by atoms with van der Waals surface area (Å²) in [6, 6.07) is 0. The highest BCUT2D eigenvalue weighted by Crippen LogP contribution is 2.38. The van der Waals surface area contributed by atoms with E-state index in [0.717, 1.165) is 4.90 Å². The number of nitrogens with zero attached hydrogens (tertiary/aromatic N) is 1. The molecular formula is C11H14F2N2O4. The molecule has 0 aromatic carbocycles. The van der Waals surface area contributed by atoms with E-state index in [2.05, 4.69) is 0 Å². The minimum Gasteiger partial charge on any atom is -0.394 e. The number of amides is 1. The van der Waals surface area contributed by atoms with E-state index >= 15 is 0 Å². The Morgan fingerprint density at radius 1 is 1.63 bits per heavy atom. The van der Waals surface area contributed by atoms with Gasteiger partial charge in [-0.15, -0.1) is 0 Å². The summed E-state index contributed by atoms with van der Waals surface area (Å²) in [4.78, 5) is 12.1. The quantitative estimate of drug-likeness (QED) is 0.610. The summed E-state index contributed by atoms with van der Waals surface area (Å²) in [6.45, 7) is -0.861. The zero-order valence-corrected chi connectivity index (χ0v) is 9.87. The van der Waals surface area contributed by atoms with Crippen molar-refractivity contribution in [2.75, 3.05) is 13.2 Å². The van der Waals surface area contributed by atoms with Gasteiger partial charge >= 0.3 is 5.92 Å². The Kier molecular flexibility index (Phi) is 3.57. The van der Waals surface area contributed by atoms with Gasteiger partial charge in [-0.2, -0.15) is 8.78 Å². The van der Waals surface area contributed by atoms with Crippen molar-refractivity contribution in [3.8, 4) is 0 Å². The second kappa shape index (κ2) is 4.87. The van der Waals surface area contributed by atoms with E-state index < -0.39 is 36.9 Å². The molecule has 1 saturated heterocycles. The van der Waals surface area contributed by atoms with Crippen LogP contribution in [0.5, 0.6) is 0 Å². The van der Waals surface area contributed by atoms with E-state index in [4.69, 9.17) is 15.6 Å². The lowest BCUT2D eigenvalue weighted by Gasteiger charge is -2.32. The van der Waals surface area contributed by atoms with Crippen LogP contribution in [0.15, 0.2) is 23.9 Å². The van der Waals surface area contributed by atoms with Crippen LogP contribution < -0.4 is 5.73 Å². The molecule has 0 aliphatic carbocycles. The first-order chi connectivity index (χ1) is 8.87. The van der Waals surface area contributed by atoms with Gasteiger partial charge in [0.05, 0.1) is 13.2 Å². The van der Waals surface area contributed by atoms with Crippen LogP contribution in [-0.2, 0) is 9.53 Å². The summed E-state index contributed by atoms with van der Waals surface area (Å²) in [5.41, 5.74) is 5.25. The van der Waals surface area contributed by atoms with Crippen LogP contribution in [-0.4, -0.2) is 58.5 Å². The molecule has 2 aliphatic heterocycles. The number of hydrogen-bond acceptors (Lipinski definition) is 5. The number of carbonyl (C=O) groups is 1. The molecule has 1 amide bonds. The van der Waals surface area contributed by atoms with Crippen molar-refractivity contribution in [1.29, 1.82) is 0 Å². The number of aliphatic hydroxyl groups excluding tert-OH is 2. The summed E-state index contributed by atoms with van der Waals surface area (Å²) in [5, 5.41) is 18.3. The molecule has 2 aliphatic rings. The molecule has 2 rings (SSSR count). The highest BCUT2D eigenvalue weighted by Gasteiger charge is 2.60. The van der Waals surface area contributed by atoms with Crippen molar-refractivity contribution >= 4 is 5.91 Å². The van der Waals surface area contributed by atoms with Crippen molar-refractivity contribution < 1.29 is 28.5 Å². The maximum Gasteiger partial charge on any atom is 0.319 e. The fraction of sp³-hybridized carbons (Fsp3) is 0.545. The molecule has 6 nitrogen and oxygen atoms in total. The van der Waals surface area contributed by atoms with Gasteiger partial charge in [0.15, 0.2) is 12.3 Å². The van der Waals surface area contributed by atoms with Crippen LogP contribution in [0.25, 0.3) is 0 Å². The summed E-state index contributed by atoms with van der Waals surface area (Å²) < 4.78 is 32.7. The van der Waals surface area contributed by atoms with Crippen molar-refractivity contribution in [1.82, 2.24) is 4.90 Å². The Morgan fingerprint density at radius 2 is 2.32 bits per heavy atom. The zero-order chi connectivity index (χ0) is 14.2. The lowest BCUT2D eigenvalue weighted by molar-refractivity contribution is -0.154. The molecule has 0 saturated carbocycles. The Hall–Kier alpha value is -1.51. The number of allylic oxidation sites excluding steroid dienone is 2. The molecule has 0 aromatic rings. The standard InChI is InChI=1S/C11H14F2N2O4/c12-11(13)8(17)7(5-16)19-10(11)15-3-1-2-6(4-15)9(14)18/h1-3,7-8,10,16-17H,4-5H2,(H2,14,18)/t7-,8-,10?/m1/s1. The second-order valence-electron chi connectivity index (χ2n) is 4.40. The summed E-state index contributed by atoms with van der Waals surface area (Å²) >= 11 is 0. The van der Waals surface area contributed by atoms with Gasteiger partial charge in [-0.05, 0) is 6.08 Å². The number of ether oxygens (including phenoxy) is 1. The summed E-state index contributed by atoms with van der Waals surface area (Å²) in [6.07, 6.45) is -1.08. The van der Waals surface area contributed by atoms with Crippen molar-refractivity contribution in [3.63, 3.8) is 0 Å². The molecule has 0 radical (unpaired) electrons. The van der Waals surface area contributed by atoms with Gasteiger partial charge in [0.1, 0.15) is 6.10 Å². The predicted octanol–water partition coefficient (Wildman–Crippen LogP) is -1.06. The number of halogens is 2. The van der Waals surface area contributed by atoms with Gasteiger partial charge in [-0.3, -0.25) is 4.79 Å². The van der Waals surface area contributed by atoms with Crippen molar-refractivity contribution in [2.24, 2.45) is 5.73 Å². The molecule has 8 heteroatoms. The minimum absolute atomic E-state index is 0.142. The van der Waals surface area contributed by atoms with E-state index in [0.29, 0.717) is 0 Å². The van der Waals surface area contributed by atoms with Gasteiger partial charge in [0.2, 0.25) is 5.91 Å². The molecule has 0 aromatic heterocycles. The first-order valence-electron chi connectivity index (χ1n) is 5.63. The number of rotatable bonds is 3. The molecule has 106 valence electrons. The maximum atomic E-state index is 13.9. The highest BCUT2D eigenvalue weighted by atomic mass is 19.3. The average molecular weight is 276 g/mol. The SMILES string of the molecule is NC(=O)C1=CC=CN(C2O[C@H](CO)[C@@H](O)C2(F)F)C1. The maximum absolute atomic E-state index is 13.9. The Balaban J connectivity index is 2.17. The number of primary amides is 1. The molecule has 19 heavy (non-hydrogen) atoms. The van der Waals surface area contributed by atoms with Crippen LogP contribution in [0.4, 0.5) is 8.78 Å². The van der Waals surface area contributed by atoms with Crippen LogP contribution in [0, 0.1) is 0 Å². The zero-order valence-electron chi connectivity index (χ0n) is 9.87. The molecule has 0 spiro atoms. The number of nitrogens with two attached hydrogens (primary N) is 1. The lowest BCUT2D eigenvalue weighted by atomic mass is 10.1. The average Bonchev–Trinajstić information content (AvgIpc) is 2.61. The summed E-state index contributed by atoms with van der Waals surface area (Å²) in [7, 11) is 0. The number of aliphatic hydroxyl groups is 2. The van der Waals surface area contributed by atoms with Crippen molar-refractivity contribution in [3.05, 3.63) is 23.9 Å². The van der Waals surface area contributed by atoms with Gasteiger partial charge in [0, 0.05) is 11.8 Å². The van der Waals surface area contributed by atoms with Gasteiger partial charge in [-0.1, -0.05) is 6.08 Å². The van der Waals surface area contributed by atoms with E-state index in [1.165, 1.54) is 18.4 Å². The number of carbonyl (C=O) groups excluding carboxylic acids is 1. The van der Waals surface area contributed by atoms with Crippen LogP contribution >= 0.6 is 0 Å². The Bertz CT molecular complexity index is 438. The highest BCUT2D eigenvalue weighted by molar-refractivity contribution is 5.92. The number of alkyl halides is 2. The van der Waals surface area contributed by atoms with Gasteiger partial charge in [0.25, 0.3) is 0 Å². The second-order valence-corrected chi connectivity index (χ2v) is 4.40. The van der Waals surface area contributed by atoms with Crippen LogP contribution in [0.3, 0.4) is 0 Å². The van der Waals surface area contributed by atoms with E-state index in [9.17, 15) is 18.7 Å². The first kappa shape index (κ1) is 13.9.